The van der Waals surface area contributed by atoms with Gasteiger partial charge in [-0.1, -0.05) is 6.42 Å². The fourth-order valence-electron chi connectivity index (χ4n) is 3.90. The van der Waals surface area contributed by atoms with Crippen LogP contribution in [0.3, 0.4) is 0 Å². The molecule has 0 amide bonds. The first-order valence-electron chi connectivity index (χ1n) is 9.56. The van der Waals surface area contributed by atoms with Crippen LogP contribution in [0.1, 0.15) is 30.7 Å². The lowest BCUT2D eigenvalue weighted by Gasteiger charge is -2.34. The quantitative estimate of drug-likeness (QED) is 0.760. The van der Waals surface area contributed by atoms with E-state index in [4.69, 9.17) is 0 Å². The number of aromatic nitrogens is 1. The van der Waals surface area contributed by atoms with Crippen molar-refractivity contribution in [2.75, 3.05) is 45.5 Å². The molecule has 0 spiro atoms. The van der Waals surface area contributed by atoms with Crippen molar-refractivity contribution in [1.82, 2.24) is 18.7 Å². The van der Waals surface area contributed by atoms with E-state index in [1.54, 1.807) is 0 Å². The highest BCUT2D eigenvalue weighted by atomic mass is 32.2. The number of hydrogen-bond donors (Lipinski definition) is 1. The molecule has 0 unspecified atom stereocenters. The Kier molecular flexibility index (Phi) is 6.25. The van der Waals surface area contributed by atoms with Crippen LogP contribution >= 0.6 is 0 Å². The molecule has 2 saturated heterocycles. The molecule has 1 N–H and O–H groups in total. The summed E-state index contributed by atoms with van der Waals surface area (Å²) in [5, 5.41) is 10.3. The van der Waals surface area contributed by atoms with Crippen molar-refractivity contribution in [3.63, 3.8) is 0 Å². The van der Waals surface area contributed by atoms with Crippen LogP contribution in [-0.2, 0) is 30.2 Å². The van der Waals surface area contributed by atoms with E-state index in [2.05, 4.69) is 9.80 Å². The second-order valence-electron chi connectivity index (χ2n) is 7.63. The van der Waals surface area contributed by atoms with Crippen molar-refractivity contribution < 1.29 is 13.5 Å². The predicted molar refractivity (Wildman–Crippen MR) is 104 cm³/mol. The van der Waals surface area contributed by atoms with Crippen molar-refractivity contribution >= 4 is 10.0 Å². The van der Waals surface area contributed by atoms with Gasteiger partial charge in [-0.25, -0.2) is 8.42 Å². The molecule has 9 heteroatoms. The number of sulfonamides is 1. The summed E-state index contributed by atoms with van der Waals surface area (Å²) in [4.78, 5) is 16.7. The summed E-state index contributed by atoms with van der Waals surface area (Å²) < 4.78 is 26.7. The summed E-state index contributed by atoms with van der Waals surface area (Å²) in [6.07, 6.45) is 4.85. The average molecular weight is 399 g/mol. The van der Waals surface area contributed by atoms with Crippen LogP contribution in [0.15, 0.2) is 10.9 Å². The fraction of sp³-hybridized carbons (Fsp3) is 0.722. The summed E-state index contributed by atoms with van der Waals surface area (Å²) >= 11 is 0. The molecule has 27 heavy (non-hydrogen) atoms. The topological polar surface area (TPSA) is 86.1 Å². The Morgan fingerprint density at radius 2 is 1.56 bits per heavy atom. The van der Waals surface area contributed by atoms with Gasteiger partial charge in [0.1, 0.15) is 0 Å². The van der Waals surface area contributed by atoms with Gasteiger partial charge in [0.05, 0.1) is 11.9 Å². The summed E-state index contributed by atoms with van der Waals surface area (Å²) in [6.45, 7) is 5.25. The summed E-state index contributed by atoms with van der Waals surface area (Å²) in [7, 11) is -1.28. The van der Waals surface area contributed by atoms with Gasteiger partial charge >= 0.3 is 0 Å². The predicted octanol–water partition coefficient (Wildman–Crippen LogP) is 0.154. The van der Waals surface area contributed by atoms with E-state index in [0.29, 0.717) is 45.0 Å². The number of nitrogens with zero attached hydrogens (tertiary/aromatic N) is 4. The summed E-state index contributed by atoms with van der Waals surface area (Å²) in [5.41, 5.74) is 1.16. The van der Waals surface area contributed by atoms with Gasteiger partial charge in [0, 0.05) is 58.1 Å². The first-order chi connectivity index (χ1) is 12.8. The van der Waals surface area contributed by atoms with Crippen LogP contribution < -0.4 is 5.43 Å². The Labute approximate surface area is 161 Å². The third-order valence-corrected chi connectivity index (χ3v) is 6.95. The van der Waals surface area contributed by atoms with Crippen LogP contribution in [0, 0.1) is 0 Å². The molecule has 0 aromatic carbocycles. The van der Waals surface area contributed by atoms with E-state index >= 15 is 0 Å². The van der Waals surface area contributed by atoms with Gasteiger partial charge in [-0.2, -0.15) is 4.31 Å². The zero-order chi connectivity index (χ0) is 19.6. The fourth-order valence-corrected chi connectivity index (χ4v) is 4.73. The zero-order valence-corrected chi connectivity index (χ0v) is 17.0. The van der Waals surface area contributed by atoms with Gasteiger partial charge in [0.2, 0.25) is 15.5 Å². The number of rotatable bonds is 5. The first kappa shape index (κ1) is 20.3. The third kappa shape index (κ3) is 4.90. The van der Waals surface area contributed by atoms with E-state index < -0.39 is 10.0 Å². The number of hydrogen-bond acceptors (Lipinski definition) is 6. The lowest BCUT2D eigenvalue weighted by Crippen LogP contribution is -2.48. The molecule has 1 aromatic heterocycles. The molecule has 1 aromatic rings. The Balaban J connectivity index is 1.74. The van der Waals surface area contributed by atoms with E-state index in [0.717, 1.165) is 18.8 Å². The summed E-state index contributed by atoms with van der Waals surface area (Å²) in [6, 6.07) is 1.54. The molecule has 2 aliphatic rings. The van der Waals surface area contributed by atoms with Gasteiger partial charge in [-0.15, -0.1) is 0 Å². The Morgan fingerprint density at radius 1 is 0.963 bits per heavy atom. The number of pyridine rings is 1. The minimum atomic E-state index is -3.17. The van der Waals surface area contributed by atoms with Gasteiger partial charge in [-0.3, -0.25) is 14.6 Å². The molecule has 0 atom stereocenters. The van der Waals surface area contributed by atoms with E-state index in [-0.39, 0.29) is 11.2 Å². The number of aromatic hydroxyl groups is 1. The second-order valence-corrected chi connectivity index (χ2v) is 9.61. The smallest absolute Gasteiger partial charge is 0.223 e. The van der Waals surface area contributed by atoms with Crippen LogP contribution in [0.4, 0.5) is 0 Å². The second kappa shape index (κ2) is 8.30. The maximum Gasteiger partial charge on any atom is 0.223 e. The van der Waals surface area contributed by atoms with Crippen LogP contribution in [-0.4, -0.2) is 77.7 Å². The number of likely N-dealkylation sites (tertiary alicyclic amines) is 1. The molecule has 3 heterocycles. The van der Waals surface area contributed by atoms with Gasteiger partial charge in [-0.05, 0) is 25.9 Å². The van der Waals surface area contributed by atoms with Crippen molar-refractivity contribution in [1.29, 1.82) is 0 Å². The molecule has 0 radical (unpaired) electrons. The maximum absolute atomic E-state index is 12.3. The average Bonchev–Trinajstić information content (AvgIpc) is 2.64. The van der Waals surface area contributed by atoms with Crippen LogP contribution in [0.2, 0.25) is 0 Å². The third-order valence-electron chi connectivity index (χ3n) is 5.65. The Morgan fingerprint density at radius 3 is 2.15 bits per heavy atom. The molecule has 2 fully saturated rings. The number of piperidine rings is 1. The first-order valence-corrected chi connectivity index (χ1v) is 11.4. The highest BCUT2D eigenvalue weighted by molar-refractivity contribution is 7.88. The highest BCUT2D eigenvalue weighted by Crippen LogP contribution is 2.19. The van der Waals surface area contributed by atoms with E-state index in [1.165, 1.54) is 35.9 Å². The number of piperazine rings is 1. The van der Waals surface area contributed by atoms with Crippen LogP contribution in [0.25, 0.3) is 0 Å². The SMILES string of the molecule is Cn1c(CN2CCCCC2)cc(=O)c(O)c1CN1CCN(S(C)(=O)=O)CC1. The molecule has 8 nitrogen and oxygen atoms in total. The normalized spacial score (nSPS) is 20.8. The summed E-state index contributed by atoms with van der Waals surface area (Å²) in [5.74, 6) is -0.203. The molecule has 152 valence electrons. The van der Waals surface area contributed by atoms with Gasteiger partial charge in [0.15, 0.2) is 5.75 Å². The molecule has 0 aliphatic carbocycles. The molecule has 2 aliphatic heterocycles. The van der Waals surface area contributed by atoms with Crippen molar-refractivity contribution in [3.8, 4) is 5.75 Å². The monoisotopic (exact) mass is 398 g/mol. The molecule has 0 saturated carbocycles. The van der Waals surface area contributed by atoms with Crippen molar-refractivity contribution in [2.24, 2.45) is 7.05 Å². The van der Waals surface area contributed by atoms with Crippen LogP contribution in [0.5, 0.6) is 5.75 Å². The van der Waals surface area contributed by atoms with Gasteiger partial charge < -0.3 is 9.67 Å². The largest absolute Gasteiger partial charge is 0.503 e. The Bertz CT molecular complexity index is 822. The van der Waals surface area contributed by atoms with E-state index in [9.17, 15) is 18.3 Å². The Hall–Kier alpha value is -1.42. The molecule has 3 rings (SSSR count). The minimum absolute atomic E-state index is 0.203. The highest BCUT2D eigenvalue weighted by Gasteiger charge is 2.25. The minimum Gasteiger partial charge on any atom is -0.503 e. The maximum atomic E-state index is 12.3. The molecule has 0 bridgehead atoms. The molecular formula is C18H30N4O4S. The van der Waals surface area contributed by atoms with E-state index in [1.807, 2.05) is 11.6 Å². The lowest BCUT2D eigenvalue weighted by molar-refractivity contribution is 0.175. The standard InChI is InChI=1S/C18H30N4O4S/c1-19-15(13-20-6-4-3-5-7-20)12-17(23)18(24)16(19)14-21-8-10-22(11-9-21)27(2,25)26/h12,24H,3-11,13-14H2,1-2H3. The zero-order valence-electron chi connectivity index (χ0n) is 16.2. The molecular weight excluding hydrogens is 368 g/mol. The lowest BCUT2D eigenvalue weighted by atomic mass is 10.1. The van der Waals surface area contributed by atoms with Gasteiger partial charge in [0.25, 0.3) is 0 Å². The van der Waals surface area contributed by atoms with Crippen molar-refractivity contribution in [3.05, 3.63) is 27.7 Å². The van der Waals surface area contributed by atoms with Crippen molar-refractivity contribution in [2.45, 2.75) is 32.4 Å².